The zero-order chi connectivity index (χ0) is 8.91. The van der Waals surface area contributed by atoms with E-state index in [1.165, 1.54) is 0 Å². The fraction of sp³-hybridized carbons (Fsp3) is 1.00. The molecule has 1 unspecified atom stereocenters. The molecular formula is C6H20N2OSi2. The van der Waals surface area contributed by atoms with E-state index in [1.807, 2.05) is 0 Å². The van der Waals surface area contributed by atoms with Gasteiger partial charge in [0.1, 0.15) is 8.24 Å². The van der Waals surface area contributed by atoms with E-state index in [9.17, 15) is 0 Å². The lowest BCUT2D eigenvalue weighted by Gasteiger charge is -2.24. The minimum absolute atomic E-state index is 0.988. The highest BCUT2D eigenvalue weighted by molar-refractivity contribution is 6.81. The van der Waals surface area contributed by atoms with Gasteiger partial charge in [0.25, 0.3) is 0 Å². The molecule has 68 valence electrons. The molecule has 0 radical (unpaired) electrons. The van der Waals surface area contributed by atoms with Gasteiger partial charge in [-0.25, -0.2) is 0 Å². The first-order chi connectivity index (χ1) is 4.99. The molecule has 0 aliphatic heterocycles. The van der Waals surface area contributed by atoms with Crippen LogP contribution in [0.4, 0.5) is 0 Å². The Morgan fingerprint density at radius 1 is 1.36 bits per heavy atom. The Morgan fingerprint density at radius 3 is 2.18 bits per heavy atom. The van der Waals surface area contributed by atoms with Crippen LogP contribution in [0.2, 0.25) is 19.6 Å². The summed E-state index contributed by atoms with van der Waals surface area (Å²) in [6.45, 7) is 9.93. The maximum Gasteiger partial charge on any atom is 0.328 e. The summed E-state index contributed by atoms with van der Waals surface area (Å²) in [7, 11) is -0.660. The third kappa shape index (κ3) is 6.70. The normalized spacial score (nSPS) is 15.0. The maximum atomic E-state index is 5.32. The molecule has 3 nitrogen and oxygen atoms in total. The topological polar surface area (TPSA) is 33.3 Å². The number of hydrogen-bond donors (Lipinski definition) is 2. The van der Waals surface area contributed by atoms with Crippen molar-refractivity contribution in [3.8, 4) is 0 Å². The van der Waals surface area contributed by atoms with Crippen LogP contribution in [-0.4, -0.2) is 31.3 Å². The molecule has 0 fully saturated rings. The van der Waals surface area contributed by atoms with Gasteiger partial charge in [0, 0.05) is 7.11 Å². The quantitative estimate of drug-likeness (QED) is 0.618. The van der Waals surface area contributed by atoms with Crippen LogP contribution in [-0.2, 0) is 4.43 Å². The lowest BCUT2D eigenvalue weighted by atomic mass is 10.8. The highest BCUT2D eigenvalue weighted by atomic mass is 28.4. The molecule has 0 aromatic rings. The summed E-state index contributed by atoms with van der Waals surface area (Å²) >= 11 is 0. The third-order valence-electron chi connectivity index (χ3n) is 1.19. The van der Waals surface area contributed by atoms with Gasteiger partial charge in [-0.2, -0.15) is 0 Å². The summed E-state index contributed by atoms with van der Waals surface area (Å²) in [5.74, 6) is 0. The van der Waals surface area contributed by atoms with Crippen molar-refractivity contribution in [3.05, 3.63) is 0 Å². The predicted octanol–water partition coefficient (Wildman–Crippen LogP) is 0.384. The molecule has 0 aromatic heterocycles. The van der Waals surface area contributed by atoms with Crippen LogP contribution in [0.15, 0.2) is 0 Å². The molecule has 0 aliphatic carbocycles. The molecule has 5 heteroatoms. The van der Waals surface area contributed by atoms with Gasteiger partial charge in [0.15, 0.2) is 0 Å². The van der Waals surface area contributed by atoms with Crippen LogP contribution in [0, 0.1) is 0 Å². The number of nitrogens with one attached hydrogen (secondary N) is 2. The smallest absolute Gasteiger partial charge is 0.328 e. The van der Waals surface area contributed by atoms with Gasteiger partial charge in [-0.1, -0.05) is 26.6 Å². The Balaban J connectivity index is 3.68. The van der Waals surface area contributed by atoms with E-state index in [0.717, 1.165) is 6.54 Å². The third-order valence-corrected chi connectivity index (χ3v) is 6.95. The molecular weight excluding hydrogens is 172 g/mol. The summed E-state index contributed by atoms with van der Waals surface area (Å²) in [6, 6.07) is 0. The second kappa shape index (κ2) is 5.05. The van der Waals surface area contributed by atoms with Crippen LogP contribution < -0.4 is 9.63 Å². The minimum Gasteiger partial charge on any atom is -0.398 e. The molecule has 11 heavy (non-hydrogen) atoms. The van der Waals surface area contributed by atoms with E-state index in [-0.39, 0.29) is 0 Å². The maximum absolute atomic E-state index is 5.32. The summed E-state index contributed by atoms with van der Waals surface area (Å²) in [5.41, 5.74) is 0. The standard InChI is InChI=1S/C6H20N2OSi2/c1-6-7-10(9-2)8-11(3,4)5/h7-8,10H,6H2,1-5H3. The lowest BCUT2D eigenvalue weighted by Crippen LogP contribution is -2.58. The monoisotopic (exact) mass is 192 g/mol. The van der Waals surface area contributed by atoms with Crippen molar-refractivity contribution < 1.29 is 4.43 Å². The minimum atomic E-state index is -1.28. The molecule has 0 spiro atoms. The van der Waals surface area contributed by atoms with Crippen LogP contribution in [0.1, 0.15) is 6.92 Å². The van der Waals surface area contributed by atoms with Crippen molar-refractivity contribution in [1.29, 1.82) is 0 Å². The van der Waals surface area contributed by atoms with Gasteiger partial charge < -0.3 is 14.1 Å². The van der Waals surface area contributed by atoms with E-state index in [2.05, 4.69) is 36.2 Å². The first kappa shape index (κ1) is 11.3. The van der Waals surface area contributed by atoms with E-state index < -0.39 is 17.6 Å². The summed E-state index contributed by atoms with van der Waals surface area (Å²) in [4.78, 5) is 3.33. The largest absolute Gasteiger partial charge is 0.398 e. The first-order valence-electron chi connectivity index (χ1n) is 4.03. The highest BCUT2D eigenvalue weighted by Gasteiger charge is 2.19. The summed E-state index contributed by atoms with van der Waals surface area (Å²) in [6.07, 6.45) is 0. The zero-order valence-electron chi connectivity index (χ0n) is 8.19. The SMILES string of the molecule is CCN[SiH](N[Si](C)(C)C)OC. The van der Waals surface area contributed by atoms with E-state index >= 15 is 0 Å². The highest BCUT2D eigenvalue weighted by Crippen LogP contribution is 1.94. The predicted molar refractivity (Wildman–Crippen MR) is 54.3 cm³/mol. The Bertz CT molecular complexity index is 105. The van der Waals surface area contributed by atoms with Crippen molar-refractivity contribution >= 4 is 17.6 Å². The average Bonchev–Trinajstić information content (AvgIpc) is 1.84. The van der Waals surface area contributed by atoms with Gasteiger partial charge in [-0.05, 0) is 6.54 Å². The molecule has 0 amide bonds. The fourth-order valence-electron chi connectivity index (χ4n) is 0.772. The Kier molecular flexibility index (Phi) is 5.19. The van der Waals surface area contributed by atoms with E-state index in [4.69, 9.17) is 4.43 Å². The first-order valence-corrected chi connectivity index (χ1v) is 9.16. The Morgan fingerprint density at radius 2 is 1.91 bits per heavy atom. The van der Waals surface area contributed by atoms with Gasteiger partial charge in [0.2, 0.25) is 0 Å². The Hall–Kier alpha value is 0.314. The van der Waals surface area contributed by atoms with E-state index in [1.54, 1.807) is 7.11 Å². The molecule has 1 atom stereocenters. The van der Waals surface area contributed by atoms with Gasteiger partial charge in [-0.3, -0.25) is 0 Å². The molecule has 0 bridgehead atoms. The Labute approximate surface area is 72.5 Å². The molecule has 0 aliphatic rings. The van der Waals surface area contributed by atoms with E-state index in [0.29, 0.717) is 0 Å². The van der Waals surface area contributed by atoms with Gasteiger partial charge >= 0.3 is 9.36 Å². The number of rotatable bonds is 5. The second-order valence-electron chi connectivity index (χ2n) is 3.57. The average molecular weight is 192 g/mol. The molecule has 0 saturated heterocycles. The molecule has 0 heterocycles. The van der Waals surface area contributed by atoms with Crippen LogP contribution in [0.3, 0.4) is 0 Å². The van der Waals surface area contributed by atoms with Crippen LogP contribution in [0.5, 0.6) is 0 Å². The summed E-state index contributed by atoms with van der Waals surface area (Å²) < 4.78 is 8.87. The van der Waals surface area contributed by atoms with Crippen molar-refractivity contribution in [2.24, 2.45) is 0 Å². The van der Waals surface area contributed by atoms with Crippen molar-refractivity contribution in [3.63, 3.8) is 0 Å². The molecule has 2 N–H and O–H groups in total. The number of hydrogen-bond acceptors (Lipinski definition) is 3. The summed E-state index contributed by atoms with van der Waals surface area (Å²) in [5, 5.41) is 0. The molecule has 0 aromatic carbocycles. The van der Waals surface area contributed by atoms with Crippen molar-refractivity contribution in [2.75, 3.05) is 13.7 Å². The zero-order valence-corrected chi connectivity index (χ0v) is 10.3. The fourth-order valence-corrected chi connectivity index (χ4v) is 5.34. The van der Waals surface area contributed by atoms with Gasteiger partial charge in [-0.15, -0.1) is 0 Å². The van der Waals surface area contributed by atoms with Crippen LogP contribution >= 0.6 is 0 Å². The molecule has 0 rings (SSSR count). The lowest BCUT2D eigenvalue weighted by molar-refractivity contribution is 0.403. The molecule has 0 saturated carbocycles. The van der Waals surface area contributed by atoms with Crippen molar-refractivity contribution in [1.82, 2.24) is 9.63 Å². The van der Waals surface area contributed by atoms with Crippen molar-refractivity contribution in [2.45, 2.75) is 26.6 Å². The van der Waals surface area contributed by atoms with Crippen LogP contribution in [0.25, 0.3) is 0 Å². The van der Waals surface area contributed by atoms with Gasteiger partial charge in [0.05, 0.1) is 0 Å². The second-order valence-corrected chi connectivity index (χ2v) is 10.9.